The van der Waals surface area contributed by atoms with Gasteiger partial charge < -0.3 is 10.1 Å². The van der Waals surface area contributed by atoms with E-state index in [0.717, 1.165) is 50.2 Å². The first-order valence-electron chi connectivity index (χ1n) is 6.05. The van der Waals surface area contributed by atoms with Crippen molar-refractivity contribution in [1.82, 2.24) is 25.5 Å². The van der Waals surface area contributed by atoms with Gasteiger partial charge in [0.05, 0.1) is 6.54 Å². The van der Waals surface area contributed by atoms with Crippen molar-refractivity contribution in [3.8, 4) is 0 Å². The summed E-state index contributed by atoms with van der Waals surface area (Å²) in [5, 5.41) is 15.8. The molecule has 1 N–H and O–H groups in total. The summed E-state index contributed by atoms with van der Waals surface area (Å²) < 4.78 is 7.12. The van der Waals surface area contributed by atoms with Crippen LogP contribution < -0.4 is 5.32 Å². The Labute approximate surface area is 106 Å². The van der Waals surface area contributed by atoms with Gasteiger partial charge >= 0.3 is 0 Å². The van der Waals surface area contributed by atoms with E-state index in [1.54, 1.807) is 11.8 Å². The van der Waals surface area contributed by atoms with Gasteiger partial charge in [0.15, 0.2) is 0 Å². The van der Waals surface area contributed by atoms with Crippen molar-refractivity contribution in [2.75, 3.05) is 32.1 Å². The third-order valence-electron chi connectivity index (χ3n) is 2.12. The van der Waals surface area contributed by atoms with Crippen LogP contribution >= 0.6 is 11.8 Å². The van der Waals surface area contributed by atoms with Crippen LogP contribution in [0.5, 0.6) is 0 Å². The number of rotatable bonds is 10. The van der Waals surface area contributed by atoms with Gasteiger partial charge in [-0.05, 0) is 30.3 Å². The summed E-state index contributed by atoms with van der Waals surface area (Å²) in [6, 6.07) is 0. The van der Waals surface area contributed by atoms with E-state index in [1.807, 2.05) is 11.6 Å². The molecule has 0 radical (unpaired) electrons. The molecule has 98 valence electrons. The van der Waals surface area contributed by atoms with Crippen LogP contribution in [-0.4, -0.2) is 52.3 Å². The first-order valence-corrected chi connectivity index (χ1v) is 7.04. The standard InChI is InChI=1S/C10H21N5OS/c1-3-11-6-7-15-10(12-13-14-15)17-9-5-8-16-4-2/h11H,3-9H2,1-2H3. The van der Waals surface area contributed by atoms with Crippen molar-refractivity contribution >= 4 is 11.8 Å². The Hall–Kier alpha value is -0.660. The van der Waals surface area contributed by atoms with Gasteiger partial charge in [0.25, 0.3) is 0 Å². The van der Waals surface area contributed by atoms with E-state index in [9.17, 15) is 0 Å². The number of tetrazole rings is 1. The van der Waals surface area contributed by atoms with Crippen LogP contribution in [0.15, 0.2) is 5.16 Å². The average molecular weight is 259 g/mol. The molecular weight excluding hydrogens is 238 g/mol. The molecule has 0 aromatic carbocycles. The van der Waals surface area contributed by atoms with Gasteiger partial charge in [0.2, 0.25) is 5.16 Å². The molecule has 0 atom stereocenters. The molecule has 0 aliphatic rings. The quantitative estimate of drug-likeness (QED) is 0.495. The smallest absolute Gasteiger partial charge is 0.209 e. The molecule has 0 fully saturated rings. The second kappa shape index (κ2) is 9.38. The number of likely N-dealkylation sites (N-methyl/N-ethyl adjacent to an activating group) is 1. The van der Waals surface area contributed by atoms with Gasteiger partial charge in [0.1, 0.15) is 0 Å². The highest BCUT2D eigenvalue weighted by Gasteiger charge is 2.05. The zero-order chi connectivity index (χ0) is 12.3. The monoisotopic (exact) mass is 259 g/mol. The molecule has 0 unspecified atom stereocenters. The number of hydrogen-bond donors (Lipinski definition) is 1. The Balaban J connectivity index is 2.20. The van der Waals surface area contributed by atoms with Crippen LogP contribution in [0.4, 0.5) is 0 Å². The first-order chi connectivity index (χ1) is 8.38. The molecule has 0 amide bonds. The lowest BCUT2D eigenvalue weighted by molar-refractivity contribution is 0.149. The lowest BCUT2D eigenvalue weighted by Crippen LogP contribution is -2.20. The van der Waals surface area contributed by atoms with Crippen LogP contribution in [0.3, 0.4) is 0 Å². The van der Waals surface area contributed by atoms with Crippen molar-refractivity contribution < 1.29 is 4.74 Å². The summed E-state index contributed by atoms with van der Waals surface area (Å²) in [5.74, 6) is 0.988. The second-order valence-corrected chi connectivity index (χ2v) is 4.50. The van der Waals surface area contributed by atoms with E-state index in [1.165, 1.54) is 0 Å². The van der Waals surface area contributed by atoms with E-state index < -0.39 is 0 Å². The normalized spacial score (nSPS) is 10.9. The van der Waals surface area contributed by atoms with Crippen molar-refractivity contribution in [3.05, 3.63) is 0 Å². The molecule has 0 aliphatic carbocycles. The fraction of sp³-hybridized carbons (Fsp3) is 0.900. The summed E-state index contributed by atoms with van der Waals surface area (Å²) in [7, 11) is 0. The van der Waals surface area contributed by atoms with E-state index >= 15 is 0 Å². The predicted octanol–water partition coefficient (Wildman–Crippen LogP) is 0.801. The highest BCUT2D eigenvalue weighted by atomic mass is 32.2. The third-order valence-corrected chi connectivity index (χ3v) is 3.16. The molecule has 0 bridgehead atoms. The Morgan fingerprint density at radius 2 is 2.29 bits per heavy atom. The van der Waals surface area contributed by atoms with Crippen LogP contribution in [-0.2, 0) is 11.3 Å². The lowest BCUT2D eigenvalue weighted by Gasteiger charge is -2.04. The van der Waals surface area contributed by atoms with E-state index in [2.05, 4.69) is 27.8 Å². The molecule has 0 spiro atoms. The average Bonchev–Trinajstić information content (AvgIpc) is 2.77. The van der Waals surface area contributed by atoms with E-state index in [4.69, 9.17) is 4.74 Å². The van der Waals surface area contributed by atoms with Crippen molar-refractivity contribution in [2.45, 2.75) is 32.0 Å². The molecular formula is C10H21N5OS. The topological polar surface area (TPSA) is 64.9 Å². The number of nitrogens with zero attached hydrogens (tertiary/aromatic N) is 4. The maximum atomic E-state index is 5.28. The summed E-state index contributed by atoms with van der Waals surface area (Å²) in [6.07, 6.45) is 1.03. The number of hydrogen-bond acceptors (Lipinski definition) is 6. The molecule has 1 aromatic heterocycles. The maximum absolute atomic E-state index is 5.28. The minimum Gasteiger partial charge on any atom is -0.382 e. The van der Waals surface area contributed by atoms with Gasteiger partial charge in [-0.1, -0.05) is 18.7 Å². The molecule has 1 heterocycles. The zero-order valence-electron chi connectivity index (χ0n) is 10.6. The number of aromatic nitrogens is 4. The van der Waals surface area contributed by atoms with Crippen LogP contribution in [0, 0.1) is 0 Å². The molecule has 17 heavy (non-hydrogen) atoms. The molecule has 6 nitrogen and oxygen atoms in total. The maximum Gasteiger partial charge on any atom is 0.209 e. The molecule has 1 aromatic rings. The molecule has 0 saturated heterocycles. The fourth-order valence-corrected chi connectivity index (χ4v) is 2.09. The minimum absolute atomic E-state index is 0.783. The highest BCUT2D eigenvalue weighted by molar-refractivity contribution is 7.99. The van der Waals surface area contributed by atoms with Gasteiger partial charge in [-0.2, -0.15) is 0 Å². The Kier molecular flexibility index (Phi) is 7.94. The summed E-state index contributed by atoms with van der Waals surface area (Å²) >= 11 is 1.68. The van der Waals surface area contributed by atoms with Gasteiger partial charge in [-0.15, -0.1) is 5.10 Å². The van der Waals surface area contributed by atoms with Crippen molar-refractivity contribution in [1.29, 1.82) is 0 Å². The van der Waals surface area contributed by atoms with Crippen molar-refractivity contribution in [2.24, 2.45) is 0 Å². The molecule has 0 saturated carbocycles. The highest BCUT2D eigenvalue weighted by Crippen LogP contribution is 2.14. The Bertz CT molecular complexity index is 294. The lowest BCUT2D eigenvalue weighted by atomic mass is 10.5. The molecule has 7 heteroatoms. The Morgan fingerprint density at radius 3 is 3.06 bits per heavy atom. The zero-order valence-corrected chi connectivity index (χ0v) is 11.4. The van der Waals surface area contributed by atoms with Gasteiger partial charge in [0, 0.05) is 25.5 Å². The molecule has 0 aliphatic heterocycles. The van der Waals surface area contributed by atoms with E-state index in [0.29, 0.717) is 0 Å². The first kappa shape index (κ1) is 14.4. The fourth-order valence-electron chi connectivity index (χ4n) is 1.27. The summed E-state index contributed by atoms with van der Waals surface area (Å²) in [4.78, 5) is 0. The van der Waals surface area contributed by atoms with Gasteiger partial charge in [-0.3, -0.25) is 0 Å². The molecule has 1 rings (SSSR count). The second-order valence-electron chi connectivity index (χ2n) is 3.44. The predicted molar refractivity (Wildman–Crippen MR) is 68.2 cm³/mol. The summed E-state index contributed by atoms with van der Waals surface area (Å²) in [5.41, 5.74) is 0. The van der Waals surface area contributed by atoms with Crippen LogP contribution in [0.25, 0.3) is 0 Å². The van der Waals surface area contributed by atoms with Gasteiger partial charge in [-0.25, -0.2) is 4.68 Å². The number of ether oxygens (including phenoxy) is 1. The largest absolute Gasteiger partial charge is 0.382 e. The SMILES string of the molecule is CCNCCn1nnnc1SCCCOCC. The minimum atomic E-state index is 0.783. The number of thioether (sulfide) groups is 1. The third kappa shape index (κ3) is 5.99. The van der Waals surface area contributed by atoms with E-state index in [-0.39, 0.29) is 0 Å². The number of nitrogens with one attached hydrogen (secondary N) is 1. The summed E-state index contributed by atoms with van der Waals surface area (Å²) in [6.45, 7) is 8.37. The van der Waals surface area contributed by atoms with Crippen LogP contribution in [0.1, 0.15) is 20.3 Å². The van der Waals surface area contributed by atoms with Crippen molar-refractivity contribution in [3.63, 3.8) is 0 Å². The Morgan fingerprint density at radius 1 is 1.41 bits per heavy atom. The van der Waals surface area contributed by atoms with Crippen LogP contribution in [0.2, 0.25) is 0 Å².